The van der Waals surface area contributed by atoms with Crippen molar-refractivity contribution in [2.24, 2.45) is 10.2 Å². The van der Waals surface area contributed by atoms with Crippen molar-refractivity contribution >= 4 is 17.3 Å². The van der Waals surface area contributed by atoms with Crippen molar-refractivity contribution in [1.29, 1.82) is 0 Å². The molecule has 1 aliphatic heterocycles. The summed E-state index contributed by atoms with van der Waals surface area (Å²) in [4.78, 5) is 20.4. The average Bonchev–Trinajstić information content (AvgIpc) is 3.24. The Hall–Kier alpha value is -3.65. The van der Waals surface area contributed by atoms with Crippen LogP contribution in [0.3, 0.4) is 0 Å². The topological polar surface area (TPSA) is 153 Å². The van der Waals surface area contributed by atoms with Crippen LogP contribution in [0.25, 0.3) is 20.9 Å². The second kappa shape index (κ2) is 9.33. The monoisotopic (exact) mass is 379 g/mol. The van der Waals surface area contributed by atoms with Crippen LogP contribution in [0.2, 0.25) is 0 Å². The minimum Gasteiger partial charge on any atom is -0.376 e. The fourth-order valence-corrected chi connectivity index (χ4v) is 3.01. The molecule has 1 saturated heterocycles. The Kier molecular flexibility index (Phi) is 6.37. The molecule has 1 atom stereocenters. The zero-order chi connectivity index (χ0) is 19.8. The summed E-state index contributed by atoms with van der Waals surface area (Å²) in [5.41, 5.74) is 19.0. The number of anilines is 1. The minimum absolute atomic E-state index is 0.0358. The second-order valence-corrected chi connectivity index (χ2v) is 6.12. The van der Waals surface area contributed by atoms with Gasteiger partial charge in [-0.05, 0) is 53.7 Å². The molecule has 28 heavy (non-hydrogen) atoms. The number of nitrogens with zero attached hydrogens (tertiary/aromatic N) is 9. The van der Waals surface area contributed by atoms with Crippen molar-refractivity contribution < 1.29 is 9.53 Å². The first-order valence-corrected chi connectivity index (χ1v) is 8.61. The van der Waals surface area contributed by atoms with Gasteiger partial charge in [-0.25, -0.2) is 0 Å². The zero-order valence-corrected chi connectivity index (χ0v) is 14.9. The Morgan fingerprint density at radius 3 is 2.86 bits per heavy atom. The number of carbonyl (C=O) groups is 1. The van der Waals surface area contributed by atoms with Gasteiger partial charge in [0.1, 0.15) is 0 Å². The molecule has 0 N–H and O–H groups in total. The fourth-order valence-electron chi connectivity index (χ4n) is 3.01. The molecule has 2 aromatic rings. The summed E-state index contributed by atoms with van der Waals surface area (Å²) < 4.78 is 5.68. The Morgan fingerprint density at radius 1 is 1.29 bits per heavy atom. The van der Waals surface area contributed by atoms with E-state index in [2.05, 4.69) is 30.2 Å². The molecule has 1 fully saturated rings. The summed E-state index contributed by atoms with van der Waals surface area (Å²) in [6.07, 6.45) is 4.76. The van der Waals surface area contributed by atoms with Crippen molar-refractivity contribution in [3.63, 3.8) is 0 Å². The lowest BCUT2D eigenvalue weighted by Crippen LogP contribution is -2.37. The highest BCUT2D eigenvalue weighted by Crippen LogP contribution is 2.24. The van der Waals surface area contributed by atoms with E-state index in [4.69, 9.17) is 15.8 Å². The van der Waals surface area contributed by atoms with Gasteiger partial charge < -0.3 is 9.64 Å². The van der Waals surface area contributed by atoms with Crippen molar-refractivity contribution in [2.75, 3.05) is 18.1 Å². The van der Waals surface area contributed by atoms with E-state index in [1.165, 1.54) is 18.5 Å². The van der Waals surface area contributed by atoms with Gasteiger partial charge in [-0.1, -0.05) is 10.2 Å². The van der Waals surface area contributed by atoms with Gasteiger partial charge >= 0.3 is 0 Å². The molecule has 0 spiro atoms. The lowest BCUT2D eigenvalue weighted by atomic mass is 10.1. The van der Waals surface area contributed by atoms with Crippen molar-refractivity contribution in [3.05, 3.63) is 68.7 Å². The van der Waals surface area contributed by atoms with Gasteiger partial charge in [-0.2, -0.15) is 10.2 Å². The molecular weight excluding hydrogens is 362 g/mol. The average molecular weight is 379 g/mol. The van der Waals surface area contributed by atoms with Crippen LogP contribution in [0.15, 0.2) is 46.9 Å². The van der Waals surface area contributed by atoms with Crippen LogP contribution >= 0.6 is 0 Å². The van der Waals surface area contributed by atoms with Crippen LogP contribution in [0.4, 0.5) is 11.4 Å². The molecule has 1 aliphatic rings. The Balaban J connectivity index is 1.97. The number of carbonyl (C=O) groups excluding carboxylic acids is 1. The highest BCUT2D eigenvalue weighted by molar-refractivity contribution is 6.06. The number of hydrogen-bond donors (Lipinski definition) is 0. The van der Waals surface area contributed by atoms with Gasteiger partial charge in [-0.3, -0.25) is 4.79 Å². The third-order valence-corrected chi connectivity index (χ3v) is 4.24. The molecule has 1 amide bonds. The summed E-state index contributed by atoms with van der Waals surface area (Å²) in [5, 5.41) is 14.7. The maximum absolute atomic E-state index is 13.3. The van der Waals surface area contributed by atoms with Crippen LogP contribution in [0.5, 0.6) is 0 Å². The predicted molar refractivity (Wildman–Crippen MR) is 101 cm³/mol. The van der Waals surface area contributed by atoms with Gasteiger partial charge in [0.05, 0.1) is 37.3 Å². The largest absolute Gasteiger partial charge is 0.376 e. The molecular formula is C17H17N9O2. The summed E-state index contributed by atoms with van der Waals surface area (Å²) in [6, 6.07) is 6.38. The first-order chi connectivity index (χ1) is 13.7. The number of benzene rings is 1. The molecule has 0 radical (unpaired) electrons. The number of aromatic nitrogens is 2. The Labute approximate surface area is 160 Å². The van der Waals surface area contributed by atoms with E-state index in [1.54, 1.807) is 23.1 Å². The van der Waals surface area contributed by atoms with Crippen molar-refractivity contribution in [1.82, 2.24) is 10.2 Å². The summed E-state index contributed by atoms with van der Waals surface area (Å²) in [7, 11) is 0. The van der Waals surface area contributed by atoms with E-state index in [-0.39, 0.29) is 24.2 Å². The standard InChI is InChI=1S/C17H17N9O2/c18-24-22-9-12-6-13(8-14(7-12)23-25-19)17(27)26(11-16-2-1-5-28-16)15-3-4-20-21-10-15/h3-4,6-8,10,16H,1-2,5,9,11H2. The molecule has 3 rings (SSSR count). The van der Waals surface area contributed by atoms with Crippen molar-refractivity contribution in [3.8, 4) is 0 Å². The van der Waals surface area contributed by atoms with Crippen LogP contribution in [0.1, 0.15) is 28.8 Å². The minimum atomic E-state index is -0.305. The Morgan fingerprint density at radius 2 is 2.18 bits per heavy atom. The molecule has 0 aliphatic carbocycles. The second-order valence-electron chi connectivity index (χ2n) is 6.12. The lowest BCUT2D eigenvalue weighted by Gasteiger charge is -2.25. The molecule has 11 heteroatoms. The molecule has 1 unspecified atom stereocenters. The molecule has 11 nitrogen and oxygen atoms in total. The van der Waals surface area contributed by atoms with Gasteiger partial charge in [0, 0.05) is 27.7 Å². The summed E-state index contributed by atoms with van der Waals surface area (Å²) >= 11 is 0. The maximum atomic E-state index is 13.3. The number of ether oxygens (including phenoxy) is 1. The summed E-state index contributed by atoms with van der Waals surface area (Å²) in [6.45, 7) is 1.07. The first-order valence-electron chi connectivity index (χ1n) is 8.61. The normalized spacial score (nSPS) is 15.4. The molecule has 1 aromatic carbocycles. The number of hydrogen-bond acceptors (Lipinski definition) is 6. The molecule has 1 aromatic heterocycles. The SMILES string of the molecule is [N-]=[N+]=NCc1cc(N=[N+]=[N-])cc(C(=O)N(CC2CCCO2)c2ccnnc2)c1. The first kappa shape index (κ1) is 19.1. The summed E-state index contributed by atoms with van der Waals surface area (Å²) in [5.74, 6) is -0.305. The lowest BCUT2D eigenvalue weighted by molar-refractivity contribution is 0.0917. The van der Waals surface area contributed by atoms with E-state index in [1.807, 2.05) is 0 Å². The van der Waals surface area contributed by atoms with Crippen LogP contribution < -0.4 is 4.90 Å². The zero-order valence-electron chi connectivity index (χ0n) is 14.9. The third-order valence-electron chi connectivity index (χ3n) is 4.24. The van der Waals surface area contributed by atoms with E-state index in [0.29, 0.717) is 30.0 Å². The highest BCUT2D eigenvalue weighted by atomic mass is 16.5. The number of azide groups is 2. The Bertz CT molecular complexity index is 931. The van der Waals surface area contributed by atoms with E-state index >= 15 is 0 Å². The van der Waals surface area contributed by atoms with E-state index < -0.39 is 0 Å². The number of amides is 1. The van der Waals surface area contributed by atoms with Gasteiger partial charge in [0.15, 0.2) is 0 Å². The van der Waals surface area contributed by atoms with Gasteiger partial charge in [-0.15, -0.1) is 0 Å². The number of rotatable bonds is 7. The van der Waals surface area contributed by atoms with Gasteiger partial charge in [0.25, 0.3) is 5.91 Å². The molecule has 0 bridgehead atoms. The van der Waals surface area contributed by atoms with Crippen LogP contribution in [0, 0.1) is 0 Å². The van der Waals surface area contributed by atoms with E-state index in [9.17, 15) is 4.79 Å². The maximum Gasteiger partial charge on any atom is 0.258 e. The molecule has 142 valence electrons. The fraction of sp³-hybridized carbons (Fsp3) is 0.353. The van der Waals surface area contributed by atoms with Crippen LogP contribution in [-0.4, -0.2) is 35.4 Å². The molecule has 0 saturated carbocycles. The smallest absolute Gasteiger partial charge is 0.258 e. The van der Waals surface area contributed by atoms with Crippen LogP contribution in [-0.2, 0) is 11.3 Å². The van der Waals surface area contributed by atoms with Gasteiger partial charge in [0.2, 0.25) is 0 Å². The quantitative estimate of drug-likeness (QED) is 0.404. The predicted octanol–water partition coefficient (Wildman–Crippen LogP) is 4.05. The third kappa shape index (κ3) is 4.74. The van der Waals surface area contributed by atoms with E-state index in [0.717, 1.165) is 12.8 Å². The highest BCUT2D eigenvalue weighted by Gasteiger charge is 2.25. The van der Waals surface area contributed by atoms with Crippen molar-refractivity contribution in [2.45, 2.75) is 25.5 Å². The molecule has 2 heterocycles.